The number of rotatable bonds is 3. The highest BCUT2D eigenvalue weighted by atomic mass is 16.2. The van der Waals surface area contributed by atoms with E-state index in [0.29, 0.717) is 6.54 Å². The molecule has 0 atom stereocenters. The van der Waals surface area contributed by atoms with Gasteiger partial charge in [0.05, 0.1) is 0 Å². The molecule has 3 aromatic rings. The first kappa shape index (κ1) is 16.5. The molecule has 0 radical (unpaired) electrons. The third kappa shape index (κ3) is 3.10. The number of hydrogen-bond acceptors (Lipinski definition) is 1. The Morgan fingerprint density at radius 1 is 1.15 bits per heavy atom. The summed E-state index contributed by atoms with van der Waals surface area (Å²) in [5.41, 5.74) is 5.98. The maximum absolute atomic E-state index is 12.4. The first-order valence-electron chi connectivity index (χ1n) is 9.15. The number of carbonyl (C=O) groups excluding carboxylic acids is 1. The highest BCUT2D eigenvalue weighted by molar-refractivity contribution is 5.95. The number of H-pyrrole nitrogens is 1. The molecule has 1 aliphatic heterocycles. The molecule has 0 saturated carbocycles. The minimum atomic E-state index is -0.0429. The van der Waals surface area contributed by atoms with Crippen molar-refractivity contribution in [1.29, 1.82) is 0 Å². The summed E-state index contributed by atoms with van der Waals surface area (Å²) in [5.74, 6) is 0. The van der Waals surface area contributed by atoms with Gasteiger partial charge in [0.2, 0.25) is 0 Å². The van der Waals surface area contributed by atoms with Crippen LogP contribution >= 0.6 is 0 Å². The zero-order valence-electron chi connectivity index (χ0n) is 15.0. The zero-order chi connectivity index (χ0) is 17.9. The highest BCUT2D eigenvalue weighted by Gasteiger charge is 2.19. The number of aryl methyl sites for hydroxylation is 1. The van der Waals surface area contributed by atoms with Crippen LogP contribution < -0.4 is 5.32 Å². The summed E-state index contributed by atoms with van der Waals surface area (Å²) in [4.78, 5) is 17.7. The Morgan fingerprint density at radius 3 is 2.73 bits per heavy atom. The number of para-hydroxylation sites is 2. The zero-order valence-corrected chi connectivity index (χ0v) is 15.0. The van der Waals surface area contributed by atoms with Crippen LogP contribution in [0, 0.1) is 0 Å². The van der Waals surface area contributed by atoms with E-state index in [0.717, 1.165) is 25.1 Å². The van der Waals surface area contributed by atoms with Crippen LogP contribution in [0.2, 0.25) is 0 Å². The quantitative estimate of drug-likeness (QED) is 0.685. The summed E-state index contributed by atoms with van der Waals surface area (Å²) in [7, 11) is 0. The average Bonchev–Trinajstić information content (AvgIpc) is 3.13. The van der Waals surface area contributed by atoms with Gasteiger partial charge in [-0.3, -0.25) is 0 Å². The second-order valence-electron chi connectivity index (χ2n) is 6.62. The third-order valence-corrected chi connectivity index (χ3v) is 5.05. The van der Waals surface area contributed by atoms with Gasteiger partial charge in [0.1, 0.15) is 0 Å². The van der Waals surface area contributed by atoms with Gasteiger partial charge in [0, 0.05) is 41.4 Å². The standard InChI is InChI=1S/C22H23N3O/c1-2-16-7-6-10-19-20(15-23-21(16)19)17-11-13-25(14-12-17)22(26)24-18-8-4-3-5-9-18/h3-11,15,23H,2,12-14H2,1H3,(H,24,26). The SMILES string of the molecule is CCc1cccc2c(C3=CCN(C(=O)Nc4ccccc4)CC3)c[nH]c12. The largest absolute Gasteiger partial charge is 0.360 e. The molecule has 1 aliphatic rings. The number of nitrogens with zero attached hydrogens (tertiary/aromatic N) is 1. The molecule has 0 fully saturated rings. The predicted molar refractivity (Wildman–Crippen MR) is 107 cm³/mol. The molecule has 1 aromatic heterocycles. The minimum absolute atomic E-state index is 0.0429. The van der Waals surface area contributed by atoms with Crippen molar-refractivity contribution in [3.8, 4) is 0 Å². The summed E-state index contributed by atoms with van der Waals surface area (Å²) >= 11 is 0. The van der Waals surface area contributed by atoms with Gasteiger partial charge in [-0.2, -0.15) is 0 Å². The van der Waals surface area contributed by atoms with Gasteiger partial charge < -0.3 is 15.2 Å². The van der Waals surface area contributed by atoms with Gasteiger partial charge in [0.15, 0.2) is 0 Å². The molecule has 2 aromatic carbocycles. The molecule has 0 aliphatic carbocycles. The van der Waals surface area contributed by atoms with Crippen LogP contribution in [0.5, 0.6) is 0 Å². The topological polar surface area (TPSA) is 48.1 Å². The van der Waals surface area contributed by atoms with E-state index in [1.54, 1.807) is 0 Å². The van der Waals surface area contributed by atoms with Gasteiger partial charge in [-0.05, 0) is 36.1 Å². The van der Waals surface area contributed by atoms with Crippen LogP contribution in [-0.4, -0.2) is 29.0 Å². The Hall–Kier alpha value is -3.01. The lowest BCUT2D eigenvalue weighted by Crippen LogP contribution is -2.37. The van der Waals surface area contributed by atoms with Crippen LogP contribution in [0.3, 0.4) is 0 Å². The van der Waals surface area contributed by atoms with Gasteiger partial charge >= 0.3 is 6.03 Å². The maximum atomic E-state index is 12.4. The van der Waals surface area contributed by atoms with E-state index in [2.05, 4.69) is 47.7 Å². The molecule has 0 unspecified atom stereocenters. The Labute approximate surface area is 153 Å². The first-order chi connectivity index (χ1) is 12.8. The molecular formula is C22H23N3O. The number of urea groups is 1. The molecular weight excluding hydrogens is 322 g/mol. The fourth-order valence-electron chi connectivity index (χ4n) is 3.60. The number of fused-ring (bicyclic) bond motifs is 1. The number of amides is 2. The Kier molecular flexibility index (Phi) is 4.48. The van der Waals surface area contributed by atoms with Crippen LogP contribution in [0.25, 0.3) is 16.5 Å². The Bertz CT molecular complexity index is 956. The van der Waals surface area contributed by atoms with E-state index in [9.17, 15) is 4.79 Å². The lowest BCUT2D eigenvalue weighted by molar-refractivity contribution is 0.217. The molecule has 132 valence electrons. The number of anilines is 1. The van der Waals surface area contributed by atoms with E-state index in [1.807, 2.05) is 35.2 Å². The van der Waals surface area contributed by atoms with Gasteiger partial charge in [0.25, 0.3) is 0 Å². The molecule has 2 N–H and O–H groups in total. The van der Waals surface area contributed by atoms with E-state index >= 15 is 0 Å². The Balaban J connectivity index is 1.50. The third-order valence-electron chi connectivity index (χ3n) is 5.05. The van der Waals surface area contributed by atoms with Crippen LogP contribution in [0.4, 0.5) is 10.5 Å². The monoisotopic (exact) mass is 345 g/mol. The van der Waals surface area contributed by atoms with Crippen molar-refractivity contribution in [1.82, 2.24) is 9.88 Å². The van der Waals surface area contributed by atoms with E-state index in [1.165, 1.54) is 27.6 Å². The van der Waals surface area contributed by atoms with Crippen molar-refractivity contribution in [2.45, 2.75) is 19.8 Å². The average molecular weight is 345 g/mol. The number of nitrogens with one attached hydrogen (secondary N) is 2. The normalized spacial score (nSPS) is 14.3. The van der Waals surface area contributed by atoms with Crippen molar-refractivity contribution in [2.24, 2.45) is 0 Å². The fraction of sp³-hybridized carbons (Fsp3) is 0.227. The van der Waals surface area contributed by atoms with Gasteiger partial charge in [-0.1, -0.05) is 49.4 Å². The molecule has 0 spiro atoms. The summed E-state index contributed by atoms with van der Waals surface area (Å²) < 4.78 is 0. The molecule has 2 heterocycles. The summed E-state index contributed by atoms with van der Waals surface area (Å²) in [6.45, 7) is 3.54. The second kappa shape index (κ2) is 7.08. The van der Waals surface area contributed by atoms with Crippen LogP contribution in [-0.2, 0) is 6.42 Å². The fourth-order valence-corrected chi connectivity index (χ4v) is 3.60. The summed E-state index contributed by atoms with van der Waals surface area (Å²) in [6.07, 6.45) is 6.17. The lowest BCUT2D eigenvalue weighted by Gasteiger charge is -2.26. The smallest absolute Gasteiger partial charge is 0.322 e. The second-order valence-corrected chi connectivity index (χ2v) is 6.62. The molecule has 0 saturated heterocycles. The summed E-state index contributed by atoms with van der Waals surface area (Å²) in [5, 5.41) is 4.23. The van der Waals surface area contributed by atoms with Crippen LogP contribution in [0.1, 0.15) is 24.5 Å². The van der Waals surface area contributed by atoms with Crippen molar-refractivity contribution in [2.75, 3.05) is 18.4 Å². The number of aromatic amines is 1. The lowest BCUT2D eigenvalue weighted by atomic mass is 9.98. The maximum Gasteiger partial charge on any atom is 0.322 e. The molecule has 4 rings (SSSR count). The van der Waals surface area contributed by atoms with Crippen molar-refractivity contribution in [3.63, 3.8) is 0 Å². The van der Waals surface area contributed by atoms with Crippen molar-refractivity contribution < 1.29 is 4.79 Å². The van der Waals surface area contributed by atoms with E-state index in [-0.39, 0.29) is 6.03 Å². The van der Waals surface area contributed by atoms with Crippen LogP contribution in [0.15, 0.2) is 60.8 Å². The van der Waals surface area contributed by atoms with Gasteiger partial charge in [-0.15, -0.1) is 0 Å². The highest BCUT2D eigenvalue weighted by Crippen LogP contribution is 2.31. The van der Waals surface area contributed by atoms with E-state index in [4.69, 9.17) is 0 Å². The number of hydrogen-bond donors (Lipinski definition) is 2. The number of aromatic nitrogens is 1. The molecule has 0 bridgehead atoms. The van der Waals surface area contributed by atoms with Crippen molar-refractivity contribution >= 4 is 28.2 Å². The van der Waals surface area contributed by atoms with Crippen molar-refractivity contribution in [3.05, 3.63) is 71.9 Å². The van der Waals surface area contributed by atoms with Gasteiger partial charge in [-0.25, -0.2) is 4.79 Å². The molecule has 26 heavy (non-hydrogen) atoms. The predicted octanol–water partition coefficient (Wildman–Crippen LogP) is 5.05. The summed E-state index contributed by atoms with van der Waals surface area (Å²) in [6, 6.07) is 16.0. The molecule has 4 heteroatoms. The molecule has 4 nitrogen and oxygen atoms in total. The first-order valence-corrected chi connectivity index (χ1v) is 9.15. The minimum Gasteiger partial charge on any atom is -0.360 e. The number of carbonyl (C=O) groups is 1. The van der Waals surface area contributed by atoms with E-state index < -0.39 is 0 Å². The Morgan fingerprint density at radius 2 is 2.00 bits per heavy atom. The number of benzene rings is 2. The molecule has 2 amide bonds.